The molecule has 4 aromatic rings. The zero-order valence-corrected chi connectivity index (χ0v) is 12.1. The quantitative estimate of drug-likeness (QED) is 0.515. The highest BCUT2D eigenvalue weighted by molar-refractivity contribution is 7.13. The molecule has 4 rings (SSSR count). The largest absolute Gasteiger partial charge is 0.252 e. The van der Waals surface area contributed by atoms with Gasteiger partial charge in [0.25, 0.3) is 0 Å². The second kappa shape index (κ2) is 4.81. The summed E-state index contributed by atoms with van der Waals surface area (Å²) >= 11 is 3.34. The molecule has 2 aromatic carbocycles. The molecule has 4 heteroatoms. The molecule has 0 fully saturated rings. The van der Waals surface area contributed by atoms with E-state index in [1.165, 1.54) is 31.7 Å². The van der Waals surface area contributed by atoms with Crippen molar-refractivity contribution in [1.29, 1.82) is 0 Å². The molecular formula is C16H10N2S2. The number of benzene rings is 2. The molecule has 0 atom stereocenters. The van der Waals surface area contributed by atoms with E-state index in [4.69, 9.17) is 0 Å². The second-order valence-electron chi connectivity index (χ2n) is 4.51. The number of nitrogens with zero attached hydrogens (tertiary/aromatic N) is 2. The van der Waals surface area contributed by atoms with E-state index in [0.717, 1.165) is 0 Å². The van der Waals surface area contributed by atoms with Gasteiger partial charge in [-0.3, -0.25) is 9.97 Å². The minimum atomic E-state index is 1.21. The molecule has 20 heavy (non-hydrogen) atoms. The van der Waals surface area contributed by atoms with Gasteiger partial charge in [-0.1, -0.05) is 24.3 Å². The van der Waals surface area contributed by atoms with Crippen molar-refractivity contribution in [2.24, 2.45) is 0 Å². The van der Waals surface area contributed by atoms with Crippen LogP contribution in [0.25, 0.3) is 31.7 Å². The zero-order valence-electron chi connectivity index (χ0n) is 10.5. The molecule has 96 valence electrons. The number of hydrogen-bond acceptors (Lipinski definition) is 4. The third-order valence-corrected chi connectivity index (χ3v) is 4.92. The van der Waals surface area contributed by atoms with E-state index in [-0.39, 0.29) is 0 Å². The molecule has 0 saturated carbocycles. The first-order valence-electron chi connectivity index (χ1n) is 6.22. The lowest BCUT2D eigenvalue weighted by molar-refractivity contribution is 1.42. The van der Waals surface area contributed by atoms with Gasteiger partial charge >= 0.3 is 0 Å². The van der Waals surface area contributed by atoms with Gasteiger partial charge in [0.05, 0.1) is 20.8 Å². The molecule has 2 heterocycles. The van der Waals surface area contributed by atoms with Crippen LogP contribution in [0, 0.1) is 0 Å². The normalized spacial score (nSPS) is 11.0. The Labute approximate surface area is 124 Å². The lowest BCUT2D eigenvalue weighted by atomic mass is 10.0. The average Bonchev–Trinajstić information content (AvgIpc) is 3.19. The Morgan fingerprint density at radius 2 is 1.15 bits per heavy atom. The SMILES string of the molecule is c1ncc(-c2ccc3cc(-c4cncs4)ccc3c2)s1. The van der Waals surface area contributed by atoms with Crippen LogP contribution in [0.4, 0.5) is 0 Å². The van der Waals surface area contributed by atoms with Crippen molar-refractivity contribution in [3.8, 4) is 20.9 Å². The Kier molecular flexibility index (Phi) is 2.83. The smallest absolute Gasteiger partial charge is 0.0797 e. The summed E-state index contributed by atoms with van der Waals surface area (Å²) in [5.41, 5.74) is 6.19. The molecule has 0 amide bonds. The van der Waals surface area contributed by atoms with Gasteiger partial charge in [-0.2, -0.15) is 0 Å². The van der Waals surface area contributed by atoms with Crippen LogP contribution in [-0.2, 0) is 0 Å². The Morgan fingerprint density at radius 3 is 1.55 bits per heavy atom. The Balaban J connectivity index is 1.83. The molecule has 0 aliphatic heterocycles. The van der Waals surface area contributed by atoms with Crippen LogP contribution < -0.4 is 0 Å². The summed E-state index contributed by atoms with van der Waals surface area (Å²) in [6, 6.07) is 13.1. The van der Waals surface area contributed by atoms with E-state index in [1.807, 2.05) is 23.4 Å². The number of fused-ring (bicyclic) bond motifs is 1. The number of thiazole rings is 2. The first-order chi connectivity index (χ1) is 9.90. The predicted molar refractivity (Wildman–Crippen MR) is 86.2 cm³/mol. The predicted octanol–water partition coefficient (Wildman–Crippen LogP) is 5.09. The van der Waals surface area contributed by atoms with Crippen LogP contribution in [0.5, 0.6) is 0 Å². The Hall–Kier alpha value is -2.04. The fourth-order valence-corrected chi connectivity index (χ4v) is 3.51. The van der Waals surface area contributed by atoms with E-state index in [0.29, 0.717) is 0 Å². The van der Waals surface area contributed by atoms with Gasteiger partial charge in [0, 0.05) is 12.4 Å². The Bertz CT molecular complexity index is 776. The van der Waals surface area contributed by atoms with Crippen LogP contribution in [0.15, 0.2) is 59.8 Å². The van der Waals surface area contributed by atoms with E-state index in [2.05, 4.69) is 46.4 Å². The minimum absolute atomic E-state index is 1.21. The van der Waals surface area contributed by atoms with Crippen molar-refractivity contribution in [2.75, 3.05) is 0 Å². The van der Waals surface area contributed by atoms with E-state index >= 15 is 0 Å². The second-order valence-corrected chi connectivity index (χ2v) is 6.28. The maximum Gasteiger partial charge on any atom is 0.0797 e. The molecule has 0 aliphatic carbocycles. The van der Waals surface area contributed by atoms with E-state index in [9.17, 15) is 0 Å². The summed E-state index contributed by atoms with van der Waals surface area (Å²) in [4.78, 5) is 10.7. The third kappa shape index (κ3) is 2.03. The van der Waals surface area contributed by atoms with Crippen molar-refractivity contribution in [1.82, 2.24) is 9.97 Å². The molecule has 2 aromatic heterocycles. The monoisotopic (exact) mass is 294 g/mol. The molecule has 0 aliphatic rings. The maximum atomic E-state index is 4.14. The Morgan fingerprint density at radius 1 is 0.650 bits per heavy atom. The van der Waals surface area contributed by atoms with Gasteiger partial charge in [0.2, 0.25) is 0 Å². The van der Waals surface area contributed by atoms with E-state index < -0.39 is 0 Å². The van der Waals surface area contributed by atoms with Crippen LogP contribution in [0.2, 0.25) is 0 Å². The van der Waals surface area contributed by atoms with Crippen molar-refractivity contribution in [2.45, 2.75) is 0 Å². The van der Waals surface area contributed by atoms with Gasteiger partial charge in [-0.15, -0.1) is 22.7 Å². The average molecular weight is 294 g/mol. The summed E-state index contributed by atoms with van der Waals surface area (Å²) in [6.45, 7) is 0. The first kappa shape index (κ1) is 11.8. The lowest BCUT2D eigenvalue weighted by Crippen LogP contribution is -1.78. The highest BCUT2D eigenvalue weighted by atomic mass is 32.1. The summed E-state index contributed by atoms with van der Waals surface area (Å²) in [5, 5.41) is 2.51. The fraction of sp³-hybridized carbons (Fsp3) is 0. The maximum absolute atomic E-state index is 4.14. The molecule has 0 unspecified atom stereocenters. The topological polar surface area (TPSA) is 25.8 Å². The highest BCUT2D eigenvalue weighted by Crippen LogP contribution is 2.30. The van der Waals surface area contributed by atoms with E-state index in [1.54, 1.807) is 22.7 Å². The van der Waals surface area contributed by atoms with Crippen molar-refractivity contribution in [3.05, 3.63) is 59.8 Å². The molecule has 0 spiro atoms. The zero-order chi connectivity index (χ0) is 13.4. The molecule has 2 nitrogen and oxygen atoms in total. The summed E-state index contributed by atoms with van der Waals surface area (Å²) in [5.74, 6) is 0. The molecule has 0 bridgehead atoms. The first-order valence-corrected chi connectivity index (χ1v) is 7.98. The van der Waals surface area contributed by atoms with Crippen LogP contribution in [-0.4, -0.2) is 9.97 Å². The van der Waals surface area contributed by atoms with Gasteiger partial charge in [-0.05, 0) is 34.0 Å². The summed E-state index contributed by atoms with van der Waals surface area (Å²) in [7, 11) is 0. The van der Waals surface area contributed by atoms with Crippen molar-refractivity contribution in [3.63, 3.8) is 0 Å². The lowest BCUT2D eigenvalue weighted by Gasteiger charge is -2.04. The number of aromatic nitrogens is 2. The third-order valence-electron chi connectivity index (χ3n) is 3.27. The van der Waals surface area contributed by atoms with Crippen molar-refractivity contribution < 1.29 is 0 Å². The van der Waals surface area contributed by atoms with Gasteiger partial charge in [0.1, 0.15) is 0 Å². The fourth-order valence-electron chi connectivity index (χ4n) is 2.27. The van der Waals surface area contributed by atoms with Gasteiger partial charge in [-0.25, -0.2) is 0 Å². The van der Waals surface area contributed by atoms with Gasteiger partial charge in [0.15, 0.2) is 0 Å². The number of rotatable bonds is 2. The summed E-state index contributed by atoms with van der Waals surface area (Å²) in [6.07, 6.45) is 3.83. The standard InChI is InChI=1S/C16H10N2S2/c1-3-13(15-7-17-9-19-15)6-12-2-4-14(5-11(1)12)16-8-18-10-20-16/h1-10H. The highest BCUT2D eigenvalue weighted by Gasteiger charge is 2.04. The van der Waals surface area contributed by atoms with Crippen molar-refractivity contribution >= 4 is 33.4 Å². The molecular weight excluding hydrogens is 284 g/mol. The van der Waals surface area contributed by atoms with Crippen LogP contribution in [0.3, 0.4) is 0 Å². The minimum Gasteiger partial charge on any atom is -0.252 e. The number of hydrogen-bond donors (Lipinski definition) is 0. The summed E-state index contributed by atoms with van der Waals surface area (Å²) < 4.78 is 0. The van der Waals surface area contributed by atoms with Crippen LogP contribution in [0.1, 0.15) is 0 Å². The molecule has 0 radical (unpaired) electrons. The molecule has 0 saturated heterocycles. The molecule has 0 N–H and O–H groups in total. The van der Waals surface area contributed by atoms with Gasteiger partial charge < -0.3 is 0 Å². The van der Waals surface area contributed by atoms with Crippen LogP contribution >= 0.6 is 22.7 Å².